The molecule has 112 valence electrons. The van der Waals surface area contributed by atoms with E-state index >= 15 is 0 Å². The summed E-state index contributed by atoms with van der Waals surface area (Å²) in [5, 5.41) is 13.0. The van der Waals surface area contributed by atoms with Gasteiger partial charge in [-0.1, -0.05) is 0 Å². The molecule has 0 bridgehead atoms. The highest BCUT2D eigenvalue weighted by Crippen LogP contribution is 2.26. The number of rotatable bonds is 2. The predicted molar refractivity (Wildman–Crippen MR) is 81.0 cm³/mol. The minimum Gasteiger partial charge on any atom is -0.497 e. The quantitative estimate of drug-likeness (QED) is 0.760. The first kappa shape index (κ1) is 13.9. The van der Waals surface area contributed by atoms with Crippen LogP contribution < -0.4 is 10.1 Å². The van der Waals surface area contributed by atoms with Gasteiger partial charge >= 0.3 is 6.03 Å². The van der Waals surface area contributed by atoms with Crippen molar-refractivity contribution in [3.05, 3.63) is 54.3 Å². The maximum absolute atomic E-state index is 13.2. The van der Waals surface area contributed by atoms with Crippen LogP contribution in [0.4, 0.5) is 14.9 Å². The van der Waals surface area contributed by atoms with Crippen LogP contribution in [0.1, 0.15) is 0 Å². The molecular formula is C16H13FN2O3. The van der Waals surface area contributed by atoms with E-state index in [1.807, 2.05) is 0 Å². The smallest absolute Gasteiger partial charge is 0.333 e. The highest BCUT2D eigenvalue weighted by molar-refractivity contribution is 6.00. The summed E-state index contributed by atoms with van der Waals surface area (Å²) in [5.41, 5.74) is 0.971. The molecule has 2 aromatic carbocycles. The Kier molecular flexibility index (Phi) is 3.42. The van der Waals surface area contributed by atoms with E-state index in [2.05, 4.69) is 5.32 Å². The number of hydrogen-bond acceptors (Lipinski definition) is 3. The molecule has 1 heterocycles. The van der Waals surface area contributed by atoms with E-state index in [9.17, 15) is 14.3 Å². The third-order valence-corrected chi connectivity index (χ3v) is 3.29. The SMILES string of the molecule is COc1ccc(NC(=O)n2c(O)cc3cc(F)ccc32)cc1. The third kappa shape index (κ3) is 2.46. The molecule has 0 aliphatic rings. The second kappa shape index (κ2) is 5.40. The predicted octanol–water partition coefficient (Wildman–Crippen LogP) is 3.57. The van der Waals surface area contributed by atoms with Gasteiger partial charge in [-0.2, -0.15) is 0 Å². The summed E-state index contributed by atoms with van der Waals surface area (Å²) in [7, 11) is 1.55. The number of nitrogens with zero attached hydrogens (tertiary/aromatic N) is 1. The number of carbonyl (C=O) groups is 1. The van der Waals surface area contributed by atoms with Crippen molar-refractivity contribution in [1.82, 2.24) is 4.57 Å². The van der Waals surface area contributed by atoms with Crippen molar-refractivity contribution in [2.45, 2.75) is 0 Å². The van der Waals surface area contributed by atoms with E-state index in [0.717, 1.165) is 4.57 Å². The molecule has 0 unspecified atom stereocenters. The second-order valence-corrected chi connectivity index (χ2v) is 4.70. The molecule has 0 saturated carbocycles. The van der Waals surface area contributed by atoms with Crippen LogP contribution in [0.25, 0.3) is 10.9 Å². The van der Waals surface area contributed by atoms with Crippen LogP contribution in [0, 0.1) is 5.82 Å². The van der Waals surface area contributed by atoms with Crippen molar-refractivity contribution in [2.75, 3.05) is 12.4 Å². The van der Waals surface area contributed by atoms with Gasteiger partial charge in [0.25, 0.3) is 0 Å². The van der Waals surface area contributed by atoms with Crippen molar-refractivity contribution >= 4 is 22.6 Å². The number of fused-ring (bicyclic) bond motifs is 1. The monoisotopic (exact) mass is 300 g/mol. The Labute approximate surface area is 125 Å². The van der Waals surface area contributed by atoms with Gasteiger partial charge in [-0.25, -0.2) is 13.8 Å². The summed E-state index contributed by atoms with van der Waals surface area (Å²) in [6.45, 7) is 0. The van der Waals surface area contributed by atoms with Gasteiger partial charge in [-0.05, 0) is 42.5 Å². The molecule has 6 heteroatoms. The summed E-state index contributed by atoms with van der Waals surface area (Å²) in [6.07, 6.45) is 0. The van der Waals surface area contributed by atoms with Gasteiger partial charge in [-0.3, -0.25) is 0 Å². The number of benzene rings is 2. The number of aromatic nitrogens is 1. The fourth-order valence-electron chi connectivity index (χ4n) is 2.24. The Bertz CT molecular complexity index is 840. The Morgan fingerprint density at radius 2 is 1.91 bits per heavy atom. The molecule has 5 nitrogen and oxygen atoms in total. The molecule has 2 N–H and O–H groups in total. The maximum atomic E-state index is 13.2. The highest BCUT2D eigenvalue weighted by atomic mass is 19.1. The van der Waals surface area contributed by atoms with Gasteiger partial charge in [0.05, 0.1) is 12.6 Å². The Balaban J connectivity index is 1.93. The number of methoxy groups -OCH3 is 1. The van der Waals surface area contributed by atoms with Crippen LogP contribution in [0.15, 0.2) is 48.5 Å². The lowest BCUT2D eigenvalue weighted by molar-refractivity contribution is 0.251. The molecule has 1 amide bonds. The number of ether oxygens (including phenoxy) is 1. The molecule has 0 aliphatic carbocycles. The molecule has 0 aliphatic heterocycles. The standard InChI is InChI=1S/C16H13FN2O3/c1-22-13-5-3-12(4-6-13)18-16(21)19-14-7-2-11(17)8-10(14)9-15(19)20/h2-9,20H,1H3,(H,18,21). The normalized spacial score (nSPS) is 10.6. The molecule has 0 spiro atoms. The van der Waals surface area contributed by atoms with E-state index in [0.29, 0.717) is 22.3 Å². The van der Waals surface area contributed by atoms with Crippen molar-refractivity contribution in [1.29, 1.82) is 0 Å². The molecule has 3 aromatic rings. The lowest BCUT2D eigenvalue weighted by atomic mass is 10.2. The lowest BCUT2D eigenvalue weighted by Crippen LogP contribution is -2.18. The van der Waals surface area contributed by atoms with E-state index in [1.165, 1.54) is 24.3 Å². The van der Waals surface area contributed by atoms with Gasteiger partial charge in [0, 0.05) is 17.1 Å². The van der Waals surface area contributed by atoms with Gasteiger partial charge in [0.15, 0.2) is 5.88 Å². The molecule has 1 aromatic heterocycles. The number of carbonyl (C=O) groups excluding carboxylic acids is 1. The number of hydrogen-bond donors (Lipinski definition) is 2. The molecule has 0 saturated heterocycles. The van der Waals surface area contributed by atoms with Crippen molar-refractivity contribution < 1.29 is 19.0 Å². The molecule has 0 fully saturated rings. The molecule has 22 heavy (non-hydrogen) atoms. The van der Waals surface area contributed by atoms with Gasteiger partial charge in [0.1, 0.15) is 11.6 Å². The van der Waals surface area contributed by atoms with Crippen LogP contribution in [-0.4, -0.2) is 22.8 Å². The number of halogens is 1. The zero-order valence-electron chi connectivity index (χ0n) is 11.7. The summed E-state index contributed by atoms with van der Waals surface area (Å²) in [6, 6.07) is 11.5. The number of anilines is 1. The summed E-state index contributed by atoms with van der Waals surface area (Å²) >= 11 is 0. The van der Waals surface area contributed by atoms with E-state index < -0.39 is 11.8 Å². The zero-order valence-corrected chi connectivity index (χ0v) is 11.7. The maximum Gasteiger partial charge on any atom is 0.333 e. The third-order valence-electron chi connectivity index (χ3n) is 3.29. The minimum absolute atomic E-state index is 0.258. The first-order valence-electron chi connectivity index (χ1n) is 6.54. The number of aromatic hydroxyl groups is 1. The first-order valence-corrected chi connectivity index (χ1v) is 6.54. The minimum atomic E-state index is -0.538. The molecular weight excluding hydrogens is 287 g/mol. The van der Waals surface area contributed by atoms with Crippen LogP contribution in [-0.2, 0) is 0 Å². The lowest BCUT2D eigenvalue weighted by Gasteiger charge is -2.09. The summed E-state index contributed by atoms with van der Waals surface area (Å²) in [4.78, 5) is 12.3. The van der Waals surface area contributed by atoms with E-state index in [1.54, 1.807) is 31.4 Å². The number of amides is 1. The van der Waals surface area contributed by atoms with E-state index in [4.69, 9.17) is 4.74 Å². The Morgan fingerprint density at radius 3 is 2.59 bits per heavy atom. The fraction of sp³-hybridized carbons (Fsp3) is 0.0625. The molecule has 0 atom stereocenters. The molecule has 3 rings (SSSR count). The Morgan fingerprint density at radius 1 is 1.18 bits per heavy atom. The van der Waals surface area contributed by atoms with Crippen molar-refractivity contribution in [3.63, 3.8) is 0 Å². The van der Waals surface area contributed by atoms with Crippen LogP contribution in [0.3, 0.4) is 0 Å². The van der Waals surface area contributed by atoms with Crippen molar-refractivity contribution in [3.8, 4) is 11.6 Å². The average Bonchev–Trinajstić information content (AvgIpc) is 2.83. The Hall–Kier alpha value is -3.02. The second-order valence-electron chi connectivity index (χ2n) is 4.70. The van der Waals surface area contributed by atoms with Crippen LogP contribution >= 0.6 is 0 Å². The molecule has 0 radical (unpaired) electrons. The largest absolute Gasteiger partial charge is 0.497 e. The van der Waals surface area contributed by atoms with Gasteiger partial charge in [-0.15, -0.1) is 0 Å². The topological polar surface area (TPSA) is 63.5 Å². The average molecular weight is 300 g/mol. The number of nitrogens with one attached hydrogen (secondary N) is 1. The van der Waals surface area contributed by atoms with Gasteiger partial charge < -0.3 is 15.2 Å². The van der Waals surface area contributed by atoms with Crippen LogP contribution in [0.5, 0.6) is 11.6 Å². The van der Waals surface area contributed by atoms with E-state index in [-0.39, 0.29) is 5.88 Å². The van der Waals surface area contributed by atoms with Gasteiger partial charge in [0.2, 0.25) is 0 Å². The summed E-state index contributed by atoms with van der Waals surface area (Å²) < 4.78 is 19.3. The zero-order chi connectivity index (χ0) is 15.7. The summed E-state index contributed by atoms with van der Waals surface area (Å²) in [5.74, 6) is -0.0189. The van der Waals surface area contributed by atoms with Crippen LogP contribution in [0.2, 0.25) is 0 Å². The van der Waals surface area contributed by atoms with Crippen molar-refractivity contribution in [2.24, 2.45) is 0 Å². The fourth-order valence-corrected chi connectivity index (χ4v) is 2.24. The first-order chi connectivity index (χ1) is 10.6. The highest BCUT2D eigenvalue weighted by Gasteiger charge is 2.15.